The highest BCUT2D eigenvalue weighted by molar-refractivity contribution is 6.31. The Bertz CT molecular complexity index is 1030. The van der Waals surface area contributed by atoms with Crippen molar-refractivity contribution in [3.63, 3.8) is 0 Å². The lowest BCUT2D eigenvalue weighted by atomic mass is 9.80. The number of hydrogen-bond donors (Lipinski definition) is 0. The maximum Gasteiger partial charge on any atom is 0.0565 e. The highest BCUT2D eigenvalue weighted by Crippen LogP contribution is 2.48. The quantitative estimate of drug-likeness (QED) is 0.511. The number of allylic oxidation sites excluding steroid dienone is 3. The van der Waals surface area contributed by atoms with Crippen LogP contribution in [-0.4, -0.2) is 20.1 Å². The van der Waals surface area contributed by atoms with Gasteiger partial charge in [0.25, 0.3) is 0 Å². The number of halogens is 2. The van der Waals surface area contributed by atoms with Gasteiger partial charge in [-0.3, -0.25) is 0 Å². The minimum Gasteiger partial charge on any atom is -0.367 e. The summed E-state index contributed by atoms with van der Waals surface area (Å²) in [7, 11) is 4.29. The summed E-state index contributed by atoms with van der Waals surface area (Å²) in [4.78, 5) is 4.62. The summed E-state index contributed by atoms with van der Waals surface area (Å²) < 4.78 is 0. The SMILES string of the molecule is CN1C(=CC=CC2N(C)c3ccc(Cl)cc3C2(C)C)C(C)(C)c2cc(Cl)ccc21. The van der Waals surface area contributed by atoms with Crippen LogP contribution in [0.3, 0.4) is 0 Å². The average molecular weight is 427 g/mol. The van der Waals surface area contributed by atoms with Crippen LogP contribution in [0.25, 0.3) is 0 Å². The highest BCUT2D eigenvalue weighted by Gasteiger charge is 2.42. The molecule has 0 aromatic heterocycles. The van der Waals surface area contributed by atoms with Crippen LogP contribution in [0.15, 0.2) is 60.3 Å². The molecule has 152 valence electrons. The van der Waals surface area contributed by atoms with Gasteiger partial charge in [-0.1, -0.05) is 63.0 Å². The Hall–Kier alpha value is -1.90. The topological polar surface area (TPSA) is 6.48 Å². The van der Waals surface area contributed by atoms with E-state index in [9.17, 15) is 0 Å². The molecule has 4 heteroatoms. The summed E-state index contributed by atoms with van der Waals surface area (Å²) in [6.45, 7) is 9.10. The van der Waals surface area contributed by atoms with Crippen LogP contribution >= 0.6 is 23.2 Å². The molecule has 0 amide bonds. The van der Waals surface area contributed by atoms with Crippen molar-refractivity contribution in [2.24, 2.45) is 0 Å². The minimum atomic E-state index is -0.0904. The third-order valence-electron chi connectivity index (χ3n) is 6.73. The minimum absolute atomic E-state index is 0.0163. The lowest BCUT2D eigenvalue weighted by Crippen LogP contribution is -2.37. The standard InChI is InChI=1S/C25H28Cl2N2/c1-24(2)18-14-16(26)10-12-20(18)28(5)22(24)8-7-9-23-25(3,4)19-15-17(27)11-13-21(19)29(23)6/h7-15,22H,1-6H3. The molecule has 2 heterocycles. The van der Waals surface area contributed by atoms with Crippen LogP contribution in [0.4, 0.5) is 11.4 Å². The Kier molecular flexibility index (Phi) is 4.79. The first-order chi connectivity index (χ1) is 13.5. The van der Waals surface area contributed by atoms with Gasteiger partial charge in [0.15, 0.2) is 0 Å². The van der Waals surface area contributed by atoms with Gasteiger partial charge in [0, 0.05) is 52.0 Å². The molecule has 1 unspecified atom stereocenters. The largest absolute Gasteiger partial charge is 0.367 e. The third-order valence-corrected chi connectivity index (χ3v) is 7.20. The van der Waals surface area contributed by atoms with Crippen molar-refractivity contribution in [1.29, 1.82) is 0 Å². The van der Waals surface area contributed by atoms with Crippen molar-refractivity contribution in [3.8, 4) is 0 Å². The summed E-state index contributed by atoms with van der Waals surface area (Å²) in [5, 5.41) is 1.58. The van der Waals surface area contributed by atoms with Crippen molar-refractivity contribution in [3.05, 3.63) is 81.5 Å². The maximum absolute atomic E-state index is 6.28. The molecule has 2 aliphatic rings. The lowest BCUT2D eigenvalue weighted by Gasteiger charge is -2.29. The smallest absolute Gasteiger partial charge is 0.0565 e. The molecule has 0 bridgehead atoms. The fourth-order valence-electron chi connectivity index (χ4n) is 5.06. The molecular weight excluding hydrogens is 399 g/mol. The van der Waals surface area contributed by atoms with Gasteiger partial charge in [0.05, 0.1) is 6.04 Å². The van der Waals surface area contributed by atoms with E-state index in [0.717, 1.165) is 10.0 Å². The molecule has 2 aromatic carbocycles. The molecule has 0 spiro atoms. The normalized spacial score (nSPS) is 23.2. The van der Waals surface area contributed by atoms with Crippen LogP contribution in [-0.2, 0) is 10.8 Å². The van der Waals surface area contributed by atoms with Crippen LogP contribution in [0.2, 0.25) is 10.0 Å². The Morgan fingerprint density at radius 2 is 1.45 bits per heavy atom. The van der Waals surface area contributed by atoms with Gasteiger partial charge in [-0.2, -0.15) is 0 Å². The van der Waals surface area contributed by atoms with Gasteiger partial charge in [-0.05, 0) is 53.6 Å². The van der Waals surface area contributed by atoms with E-state index in [1.54, 1.807) is 0 Å². The van der Waals surface area contributed by atoms with Crippen LogP contribution in [0.5, 0.6) is 0 Å². The third kappa shape index (κ3) is 3.08. The van der Waals surface area contributed by atoms with Crippen molar-refractivity contribution in [1.82, 2.24) is 0 Å². The number of hydrogen-bond acceptors (Lipinski definition) is 2. The Morgan fingerprint density at radius 3 is 2.10 bits per heavy atom. The number of benzene rings is 2. The fraction of sp³-hybridized carbons (Fsp3) is 0.360. The second-order valence-corrected chi connectivity index (χ2v) is 10.1. The number of nitrogens with zero attached hydrogens (tertiary/aromatic N) is 2. The zero-order valence-electron chi connectivity index (χ0n) is 17.9. The van der Waals surface area contributed by atoms with Crippen molar-refractivity contribution in [2.45, 2.75) is 44.6 Å². The van der Waals surface area contributed by atoms with E-state index in [2.05, 4.69) is 94.1 Å². The molecule has 0 fully saturated rings. The lowest BCUT2D eigenvalue weighted by molar-refractivity contribution is 0.488. The molecule has 0 radical (unpaired) electrons. The van der Waals surface area contributed by atoms with Gasteiger partial charge in [0.2, 0.25) is 0 Å². The van der Waals surface area contributed by atoms with Crippen LogP contribution < -0.4 is 9.80 Å². The summed E-state index contributed by atoms with van der Waals surface area (Å²) in [6.07, 6.45) is 6.76. The second-order valence-electron chi connectivity index (χ2n) is 9.22. The zero-order chi connectivity index (χ0) is 21.1. The molecule has 4 rings (SSSR count). The first kappa shape index (κ1) is 20.4. The summed E-state index contributed by atoms with van der Waals surface area (Å²) in [6, 6.07) is 12.6. The van der Waals surface area contributed by atoms with Gasteiger partial charge in [0.1, 0.15) is 0 Å². The van der Waals surface area contributed by atoms with Gasteiger partial charge in [-0.15, -0.1) is 0 Å². The Balaban J connectivity index is 1.66. The molecule has 0 aliphatic carbocycles. The number of likely N-dealkylation sites (N-methyl/N-ethyl adjacent to an activating group) is 2. The van der Waals surface area contributed by atoms with Gasteiger partial charge in [-0.25, -0.2) is 0 Å². The summed E-state index contributed by atoms with van der Waals surface area (Å²) in [5.41, 5.74) is 6.21. The monoisotopic (exact) mass is 426 g/mol. The predicted octanol–water partition coefficient (Wildman–Crippen LogP) is 6.96. The molecule has 2 nitrogen and oxygen atoms in total. The van der Waals surface area contributed by atoms with E-state index in [4.69, 9.17) is 23.2 Å². The second kappa shape index (κ2) is 6.82. The van der Waals surface area contributed by atoms with E-state index < -0.39 is 0 Å². The van der Waals surface area contributed by atoms with E-state index in [0.29, 0.717) is 0 Å². The Morgan fingerprint density at radius 1 is 0.862 bits per heavy atom. The van der Waals surface area contributed by atoms with Gasteiger partial charge < -0.3 is 9.80 Å². The molecule has 29 heavy (non-hydrogen) atoms. The van der Waals surface area contributed by atoms with Crippen molar-refractivity contribution >= 4 is 34.6 Å². The molecule has 1 atom stereocenters. The molecule has 0 saturated heterocycles. The Labute approximate surface area is 184 Å². The maximum atomic E-state index is 6.28. The first-order valence-electron chi connectivity index (χ1n) is 10.0. The predicted molar refractivity (Wildman–Crippen MR) is 127 cm³/mol. The molecular formula is C25H28Cl2N2. The van der Waals surface area contributed by atoms with Crippen LogP contribution in [0.1, 0.15) is 38.8 Å². The summed E-state index contributed by atoms with van der Waals surface area (Å²) in [5.74, 6) is 0. The molecule has 2 aliphatic heterocycles. The molecule has 2 aromatic rings. The van der Waals surface area contributed by atoms with Gasteiger partial charge >= 0.3 is 0 Å². The fourth-order valence-corrected chi connectivity index (χ4v) is 5.40. The van der Waals surface area contributed by atoms with E-state index in [1.807, 2.05) is 12.1 Å². The van der Waals surface area contributed by atoms with E-state index >= 15 is 0 Å². The number of anilines is 2. The molecule has 0 saturated carbocycles. The zero-order valence-corrected chi connectivity index (χ0v) is 19.4. The number of rotatable bonds is 2. The summed E-state index contributed by atoms with van der Waals surface area (Å²) >= 11 is 12.6. The average Bonchev–Trinajstić information content (AvgIpc) is 2.95. The van der Waals surface area contributed by atoms with E-state index in [1.165, 1.54) is 28.2 Å². The molecule has 0 N–H and O–H groups in total. The van der Waals surface area contributed by atoms with E-state index in [-0.39, 0.29) is 16.9 Å². The van der Waals surface area contributed by atoms with Crippen molar-refractivity contribution < 1.29 is 0 Å². The highest BCUT2D eigenvalue weighted by atomic mass is 35.5. The number of fused-ring (bicyclic) bond motifs is 2. The first-order valence-corrected chi connectivity index (χ1v) is 10.8. The van der Waals surface area contributed by atoms with Crippen LogP contribution in [0, 0.1) is 0 Å². The van der Waals surface area contributed by atoms with Crippen molar-refractivity contribution in [2.75, 3.05) is 23.9 Å².